The second-order valence-electron chi connectivity index (χ2n) is 6.40. The lowest BCUT2D eigenvalue weighted by Crippen LogP contribution is -2.01. The molecule has 0 bridgehead atoms. The van der Waals surface area contributed by atoms with Crippen LogP contribution in [0.1, 0.15) is 27.8 Å². The van der Waals surface area contributed by atoms with Gasteiger partial charge in [-0.25, -0.2) is 0 Å². The van der Waals surface area contributed by atoms with Gasteiger partial charge in [0.15, 0.2) is 11.5 Å². The zero-order chi connectivity index (χ0) is 18.4. The van der Waals surface area contributed by atoms with Crippen molar-refractivity contribution in [1.29, 1.82) is 5.41 Å². The highest BCUT2D eigenvalue weighted by atomic mass is 16.5. The fraction of sp³-hybridized carbons (Fsp3) is 0.174. The van der Waals surface area contributed by atoms with Crippen LogP contribution < -0.4 is 9.47 Å². The van der Waals surface area contributed by atoms with Gasteiger partial charge >= 0.3 is 0 Å². The zero-order valence-corrected chi connectivity index (χ0v) is 15.2. The first-order valence-electron chi connectivity index (χ1n) is 8.65. The van der Waals surface area contributed by atoms with Gasteiger partial charge in [-0.05, 0) is 48.7 Å². The number of ether oxygens (including phenoxy) is 2. The molecule has 0 aliphatic carbocycles. The van der Waals surface area contributed by atoms with Crippen LogP contribution in [-0.2, 0) is 13.2 Å². The van der Waals surface area contributed by atoms with E-state index >= 15 is 0 Å². The van der Waals surface area contributed by atoms with Crippen LogP contribution in [0.2, 0.25) is 0 Å². The van der Waals surface area contributed by atoms with Crippen molar-refractivity contribution in [3.63, 3.8) is 0 Å². The van der Waals surface area contributed by atoms with Gasteiger partial charge in [-0.2, -0.15) is 0 Å². The predicted octanol–water partition coefficient (Wildman–Crippen LogP) is 5.46. The minimum Gasteiger partial charge on any atom is -0.485 e. The average molecular weight is 345 g/mol. The van der Waals surface area contributed by atoms with Gasteiger partial charge in [-0.3, -0.25) is 0 Å². The lowest BCUT2D eigenvalue weighted by atomic mass is 10.1. The summed E-state index contributed by atoms with van der Waals surface area (Å²) < 4.78 is 12.0. The van der Waals surface area contributed by atoms with Gasteiger partial charge in [0.1, 0.15) is 13.2 Å². The topological polar surface area (TPSA) is 42.3 Å². The van der Waals surface area contributed by atoms with E-state index in [4.69, 9.17) is 14.9 Å². The van der Waals surface area contributed by atoms with Crippen molar-refractivity contribution in [3.8, 4) is 11.5 Å². The molecule has 0 spiro atoms. The monoisotopic (exact) mass is 345 g/mol. The van der Waals surface area contributed by atoms with Gasteiger partial charge in [0.05, 0.1) is 0 Å². The Morgan fingerprint density at radius 2 is 1.19 bits per heavy atom. The van der Waals surface area contributed by atoms with Crippen molar-refractivity contribution >= 4 is 6.21 Å². The third-order valence-corrected chi connectivity index (χ3v) is 4.16. The summed E-state index contributed by atoms with van der Waals surface area (Å²) in [5.74, 6) is 1.34. The quantitative estimate of drug-likeness (QED) is 0.578. The molecule has 0 unspecified atom stereocenters. The van der Waals surface area contributed by atoms with Crippen LogP contribution >= 0.6 is 0 Å². The molecule has 0 saturated carbocycles. The van der Waals surface area contributed by atoms with Crippen LogP contribution in [0.25, 0.3) is 0 Å². The molecule has 3 heteroatoms. The molecule has 132 valence electrons. The van der Waals surface area contributed by atoms with Crippen molar-refractivity contribution in [2.45, 2.75) is 27.1 Å². The van der Waals surface area contributed by atoms with E-state index in [-0.39, 0.29) is 0 Å². The van der Waals surface area contributed by atoms with E-state index in [2.05, 4.69) is 62.4 Å². The second-order valence-corrected chi connectivity index (χ2v) is 6.40. The third-order valence-electron chi connectivity index (χ3n) is 4.16. The van der Waals surface area contributed by atoms with Crippen LogP contribution in [0.5, 0.6) is 11.5 Å². The molecular formula is C23H23NO2. The summed E-state index contributed by atoms with van der Waals surface area (Å²) in [6, 6.07) is 22.1. The molecule has 0 aliphatic heterocycles. The second kappa shape index (κ2) is 8.34. The molecule has 1 N–H and O–H groups in total. The van der Waals surface area contributed by atoms with E-state index in [1.54, 1.807) is 0 Å². The van der Waals surface area contributed by atoms with E-state index in [1.807, 2.05) is 18.2 Å². The van der Waals surface area contributed by atoms with E-state index in [0.29, 0.717) is 24.7 Å². The lowest BCUT2D eigenvalue weighted by Gasteiger charge is -2.14. The number of hydrogen-bond donors (Lipinski definition) is 1. The van der Waals surface area contributed by atoms with Crippen molar-refractivity contribution in [2.75, 3.05) is 0 Å². The highest BCUT2D eigenvalue weighted by Crippen LogP contribution is 2.29. The average Bonchev–Trinajstić information content (AvgIpc) is 2.67. The van der Waals surface area contributed by atoms with E-state index < -0.39 is 0 Å². The van der Waals surface area contributed by atoms with Crippen molar-refractivity contribution in [3.05, 3.63) is 94.5 Å². The molecule has 0 atom stereocenters. The molecule has 3 aromatic rings. The Kier molecular flexibility index (Phi) is 5.69. The molecular weight excluding hydrogens is 322 g/mol. The Morgan fingerprint density at radius 3 is 1.69 bits per heavy atom. The molecule has 0 aromatic heterocycles. The first-order valence-corrected chi connectivity index (χ1v) is 8.65. The zero-order valence-electron chi connectivity index (χ0n) is 15.2. The first-order chi connectivity index (χ1) is 12.6. The standard InChI is InChI=1S/C23H23NO2/c1-17-3-7-19(8-4-17)15-25-22-12-11-21(14-24)13-23(22)26-16-20-9-5-18(2)6-10-20/h3-14,24H,15-16H2,1-2H3. The number of nitrogens with one attached hydrogen (secondary N) is 1. The number of rotatable bonds is 7. The van der Waals surface area contributed by atoms with Gasteiger partial charge in [0, 0.05) is 6.21 Å². The van der Waals surface area contributed by atoms with Crippen LogP contribution in [0.4, 0.5) is 0 Å². The maximum absolute atomic E-state index is 7.47. The van der Waals surface area contributed by atoms with Crippen LogP contribution in [0.3, 0.4) is 0 Å². The van der Waals surface area contributed by atoms with Crippen molar-refractivity contribution < 1.29 is 9.47 Å². The summed E-state index contributed by atoms with van der Waals surface area (Å²) >= 11 is 0. The third kappa shape index (κ3) is 4.73. The molecule has 0 saturated heterocycles. The summed E-state index contributed by atoms with van der Waals surface area (Å²) in [6.45, 7) is 5.07. The lowest BCUT2D eigenvalue weighted by molar-refractivity contribution is 0.256. The van der Waals surface area contributed by atoms with Crippen LogP contribution in [-0.4, -0.2) is 6.21 Å². The van der Waals surface area contributed by atoms with E-state index in [0.717, 1.165) is 16.7 Å². The Balaban J connectivity index is 1.72. The number of benzene rings is 3. The minimum atomic E-state index is 0.461. The highest BCUT2D eigenvalue weighted by Gasteiger charge is 2.08. The number of hydrogen-bond acceptors (Lipinski definition) is 3. The molecule has 0 aliphatic rings. The van der Waals surface area contributed by atoms with E-state index in [1.165, 1.54) is 17.3 Å². The van der Waals surface area contributed by atoms with Gasteiger partial charge in [0.2, 0.25) is 0 Å². The SMILES string of the molecule is Cc1ccc(COc2ccc(C=N)cc2OCc2ccc(C)cc2)cc1. The molecule has 3 aromatic carbocycles. The van der Waals surface area contributed by atoms with Gasteiger partial charge in [-0.15, -0.1) is 0 Å². The molecule has 0 radical (unpaired) electrons. The van der Waals surface area contributed by atoms with E-state index in [9.17, 15) is 0 Å². The fourth-order valence-electron chi connectivity index (χ4n) is 2.54. The maximum Gasteiger partial charge on any atom is 0.162 e. The molecule has 3 rings (SSSR count). The highest BCUT2D eigenvalue weighted by molar-refractivity contribution is 5.78. The number of aryl methyl sites for hydroxylation is 2. The summed E-state index contributed by atoms with van der Waals surface area (Å²) in [6.07, 6.45) is 1.31. The largest absolute Gasteiger partial charge is 0.485 e. The van der Waals surface area contributed by atoms with Crippen molar-refractivity contribution in [2.24, 2.45) is 0 Å². The van der Waals surface area contributed by atoms with Gasteiger partial charge < -0.3 is 14.9 Å². The normalized spacial score (nSPS) is 10.4. The fourth-order valence-corrected chi connectivity index (χ4v) is 2.54. The Bertz CT molecular complexity index is 868. The first kappa shape index (κ1) is 17.7. The Labute approximate surface area is 154 Å². The molecule has 0 fully saturated rings. The summed E-state index contributed by atoms with van der Waals surface area (Å²) in [7, 11) is 0. The van der Waals surface area contributed by atoms with Crippen molar-refractivity contribution in [1.82, 2.24) is 0 Å². The summed E-state index contributed by atoms with van der Waals surface area (Å²) in [5.41, 5.74) is 5.44. The molecule has 26 heavy (non-hydrogen) atoms. The molecule has 0 heterocycles. The summed E-state index contributed by atoms with van der Waals surface area (Å²) in [4.78, 5) is 0. The maximum atomic E-state index is 7.47. The van der Waals surface area contributed by atoms with Crippen LogP contribution in [0, 0.1) is 19.3 Å². The summed E-state index contributed by atoms with van der Waals surface area (Å²) in [5, 5.41) is 7.47. The van der Waals surface area contributed by atoms with Gasteiger partial charge in [0.25, 0.3) is 0 Å². The molecule has 0 amide bonds. The molecule has 3 nitrogen and oxygen atoms in total. The smallest absolute Gasteiger partial charge is 0.162 e. The van der Waals surface area contributed by atoms with Crippen LogP contribution in [0.15, 0.2) is 66.7 Å². The minimum absolute atomic E-state index is 0.461. The predicted molar refractivity (Wildman–Crippen MR) is 105 cm³/mol. The van der Waals surface area contributed by atoms with Gasteiger partial charge in [-0.1, -0.05) is 59.7 Å². The Morgan fingerprint density at radius 1 is 0.692 bits per heavy atom. The Hall–Kier alpha value is -3.07.